The van der Waals surface area contributed by atoms with Crippen LogP contribution in [-0.4, -0.2) is 0 Å². The van der Waals surface area contributed by atoms with Crippen LogP contribution in [0.1, 0.15) is 50.8 Å². The van der Waals surface area contributed by atoms with Crippen molar-refractivity contribution in [2.24, 2.45) is 11.3 Å². The summed E-state index contributed by atoms with van der Waals surface area (Å²) in [6.07, 6.45) is 2.27. The molecule has 0 aliphatic heterocycles. The Balaban J connectivity index is 2.61. The second-order valence-electron chi connectivity index (χ2n) is 5.33. The Morgan fingerprint density at radius 2 is 2.07 bits per heavy atom. The summed E-state index contributed by atoms with van der Waals surface area (Å²) in [5, 5.41) is 4.37. The quantitative estimate of drug-likeness (QED) is 0.610. The Hall–Kier alpha value is -0.380. The second kappa shape index (κ2) is 5.10. The molecule has 0 aromatic carbocycles. The monoisotopic (exact) mass is 226 g/mol. The molecule has 86 valence electrons. The molecule has 1 heterocycles. The Bertz CT molecular complexity index is 299. The van der Waals surface area contributed by atoms with E-state index in [-0.39, 0.29) is 0 Å². The van der Waals surface area contributed by atoms with Gasteiger partial charge < -0.3 is 0 Å². The summed E-state index contributed by atoms with van der Waals surface area (Å²) in [6, 6.07) is 0.301. The van der Waals surface area contributed by atoms with Gasteiger partial charge >= 0.3 is 0 Å². The summed E-state index contributed by atoms with van der Waals surface area (Å²) >= 11 is 1.75. The summed E-state index contributed by atoms with van der Waals surface area (Å²) in [7, 11) is 0. The molecule has 1 atom stereocenters. The number of nitrogens with two attached hydrogens (primary N) is 1. The molecule has 1 unspecified atom stereocenters. The molecular formula is C12H22N2S. The van der Waals surface area contributed by atoms with E-state index in [1.165, 1.54) is 17.5 Å². The number of rotatable bonds is 4. The number of aryl methyl sites for hydroxylation is 1. The third-order valence-corrected chi connectivity index (χ3v) is 3.53. The molecule has 1 rings (SSSR count). The fourth-order valence-electron chi connectivity index (χ4n) is 1.63. The number of thiophene rings is 1. The molecule has 1 aromatic heterocycles. The van der Waals surface area contributed by atoms with Gasteiger partial charge in [-0.3, -0.25) is 11.3 Å². The highest BCUT2D eigenvalue weighted by Crippen LogP contribution is 2.29. The molecule has 0 saturated heterocycles. The van der Waals surface area contributed by atoms with Gasteiger partial charge in [0, 0.05) is 6.04 Å². The normalized spacial score (nSPS) is 14.2. The van der Waals surface area contributed by atoms with Crippen LogP contribution in [-0.2, 0) is 0 Å². The largest absolute Gasteiger partial charge is 0.271 e. The minimum atomic E-state index is 0.301. The topological polar surface area (TPSA) is 38.0 Å². The van der Waals surface area contributed by atoms with Crippen LogP contribution in [0.3, 0.4) is 0 Å². The third kappa shape index (κ3) is 3.93. The first kappa shape index (κ1) is 12.7. The Kier molecular flexibility index (Phi) is 4.32. The highest BCUT2D eigenvalue weighted by Gasteiger charge is 2.17. The summed E-state index contributed by atoms with van der Waals surface area (Å²) < 4.78 is 0. The lowest BCUT2D eigenvalue weighted by Crippen LogP contribution is -2.29. The maximum absolute atomic E-state index is 5.62. The van der Waals surface area contributed by atoms with E-state index in [1.54, 1.807) is 11.3 Å². The van der Waals surface area contributed by atoms with Gasteiger partial charge in [-0.15, -0.1) is 0 Å². The number of hydrazine groups is 1. The predicted octanol–water partition coefficient (Wildman–Crippen LogP) is 3.39. The first-order chi connectivity index (χ1) is 6.94. The minimum absolute atomic E-state index is 0.301. The van der Waals surface area contributed by atoms with Crippen LogP contribution in [0.5, 0.6) is 0 Å². The van der Waals surface area contributed by atoms with Crippen LogP contribution >= 0.6 is 11.3 Å². The van der Waals surface area contributed by atoms with Crippen molar-refractivity contribution in [1.82, 2.24) is 5.43 Å². The zero-order valence-corrected chi connectivity index (χ0v) is 10.9. The van der Waals surface area contributed by atoms with Gasteiger partial charge in [0.25, 0.3) is 0 Å². The molecule has 0 spiro atoms. The van der Waals surface area contributed by atoms with Gasteiger partial charge in [-0.2, -0.15) is 11.3 Å². The van der Waals surface area contributed by atoms with Gasteiger partial charge in [-0.25, -0.2) is 0 Å². The second-order valence-corrected chi connectivity index (χ2v) is 6.07. The summed E-state index contributed by atoms with van der Waals surface area (Å²) in [4.78, 5) is 0. The van der Waals surface area contributed by atoms with Gasteiger partial charge in [-0.05, 0) is 47.1 Å². The van der Waals surface area contributed by atoms with E-state index in [1.807, 2.05) is 0 Å². The first-order valence-corrected chi connectivity index (χ1v) is 6.37. The van der Waals surface area contributed by atoms with Crippen LogP contribution in [0.15, 0.2) is 10.8 Å². The lowest BCUT2D eigenvalue weighted by atomic mass is 9.87. The summed E-state index contributed by atoms with van der Waals surface area (Å²) in [6.45, 7) is 8.94. The van der Waals surface area contributed by atoms with Crippen LogP contribution < -0.4 is 11.3 Å². The molecule has 0 saturated carbocycles. The molecule has 0 aliphatic carbocycles. The van der Waals surface area contributed by atoms with Crippen molar-refractivity contribution in [2.75, 3.05) is 0 Å². The highest BCUT2D eigenvalue weighted by atomic mass is 32.1. The molecular weight excluding hydrogens is 204 g/mol. The van der Waals surface area contributed by atoms with Gasteiger partial charge in [0.05, 0.1) is 0 Å². The minimum Gasteiger partial charge on any atom is -0.271 e. The van der Waals surface area contributed by atoms with Crippen LogP contribution in [0, 0.1) is 12.3 Å². The predicted molar refractivity (Wildman–Crippen MR) is 67.8 cm³/mol. The number of hydrogen-bond acceptors (Lipinski definition) is 3. The molecule has 0 aliphatic rings. The Morgan fingerprint density at radius 3 is 2.47 bits per heavy atom. The van der Waals surface area contributed by atoms with Crippen molar-refractivity contribution in [3.63, 3.8) is 0 Å². The fourth-order valence-corrected chi connectivity index (χ4v) is 2.54. The molecule has 0 amide bonds. The van der Waals surface area contributed by atoms with Gasteiger partial charge in [0.2, 0.25) is 0 Å². The Labute approximate surface area is 96.9 Å². The van der Waals surface area contributed by atoms with E-state index in [4.69, 9.17) is 5.84 Å². The van der Waals surface area contributed by atoms with Crippen molar-refractivity contribution in [3.05, 3.63) is 21.9 Å². The standard InChI is InChI=1S/C12H22N2S/c1-9-7-15-8-10(9)11(14-13)5-6-12(2,3)4/h7-8,11,14H,5-6,13H2,1-4H3. The van der Waals surface area contributed by atoms with E-state index < -0.39 is 0 Å². The van der Waals surface area contributed by atoms with Gasteiger partial charge in [0.1, 0.15) is 0 Å². The van der Waals surface area contributed by atoms with E-state index in [2.05, 4.69) is 43.9 Å². The van der Waals surface area contributed by atoms with Gasteiger partial charge in [0.15, 0.2) is 0 Å². The van der Waals surface area contributed by atoms with Crippen molar-refractivity contribution >= 4 is 11.3 Å². The SMILES string of the molecule is Cc1cscc1C(CCC(C)(C)C)NN. The van der Waals surface area contributed by atoms with E-state index in [0.29, 0.717) is 11.5 Å². The van der Waals surface area contributed by atoms with Crippen molar-refractivity contribution in [3.8, 4) is 0 Å². The fraction of sp³-hybridized carbons (Fsp3) is 0.667. The Morgan fingerprint density at radius 1 is 1.40 bits per heavy atom. The first-order valence-electron chi connectivity index (χ1n) is 5.43. The van der Waals surface area contributed by atoms with Crippen molar-refractivity contribution in [2.45, 2.75) is 46.6 Å². The zero-order valence-electron chi connectivity index (χ0n) is 10.1. The molecule has 3 N–H and O–H groups in total. The van der Waals surface area contributed by atoms with Crippen LogP contribution in [0.25, 0.3) is 0 Å². The van der Waals surface area contributed by atoms with Crippen LogP contribution in [0.2, 0.25) is 0 Å². The molecule has 0 fully saturated rings. The molecule has 1 aromatic rings. The number of hydrogen-bond donors (Lipinski definition) is 2. The summed E-state index contributed by atoms with van der Waals surface area (Å²) in [5.74, 6) is 5.62. The molecule has 0 radical (unpaired) electrons. The van der Waals surface area contributed by atoms with E-state index in [9.17, 15) is 0 Å². The molecule has 15 heavy (non-hydrogen) atoms. The lowest BCUT2D eigenvalue weighted by molar-refractivity contribution is 0.333. The van der Waals surface area contributed by atoms with Crippen LogP contribution in [0.4, 0.5) is 0 Å². The average Bonchev–Trinajstić information content (AvgIpc) is 2.52. The summed E-state index contributed by atoms with van der Waals surface area (Å²) in [5.41, 5.74) is 6.00. The maximum Gasteiger partial charge on any atom is 0.0471 e. The molecule has 3 heteroatoms. The molecule has 0 bridgehead atoms. The smallest absolute Gasteiger partial charge is 0.0471 e. The van der Waals surface area contributed by atoms with E-state index in [0.717, 1.165) is 6.42 Å². The molecule has 2 nitrogen and oxygen atoms in total. The van der Waals surface area contributed by atoms with Crippen molar-refractivity contribution < 1.29 is 0 Å². The number of nitrogens with one attached hydrogen (secondary N) is 1. The highest BCUT2D eigenvalue weighted by molar-refractivity contribution is 7.08. The van der Waals surface area contributed by atoms with Gasteiger partial charge in [-0.1, -0.05) is 20.8 Å². The maximum atomic E-state index is 5.62. The average molecular weight is 226 g/mol. The lowest BCUT2D eigenvalue weighted by Gasteiger charge is -2.22. The zero-order chi connectivity index (χ0) is 11.5. The van der Waals surface area contributed by atoms with Crippen molar-refractivity contribution in [1.29, 1.82) is 0 Å². The third-order valence-electron chi connectivity index (χ3n) is 2.65. The van der Waals surface area contributed by atoms with E-state index >= 15 is 0 Å².